The summed E-state index contributed by atoms with van der Waals surface area (Å²) in [6.07, 6.45) is 4.29. The molecule has 2 bridgehead atoms. The number of rotatable bonds is 5. The number of nitrogens with zero attached hydrogens (tertiary/aromatic N) is 2. The number of likely N-dealkylation sites (N-methyl/N-ethyl adjacent to an activating group) is 1. The number of hydrogen-bond donors (Lipinski definition) is 2. The van der Waals surface area contributed by atoms with Gasteiger partial charge in [0.2, 0.25) is 0 Å². The Bertz CT molecular complexity index is 569. The second-order valence-corrected chi connectivity index (χ2v) is 7.20. The second-order valence-electron chi connectivity index (χ2n) is 7.20. The lowest BCUT2D eigenvalue weighted by molar-refractivity contribution is 0.0992. The topological polar surface area (TPSA) is 48.9 Å². The number of benzene rings is 1. The van der Waals surface area contributed by atoms with Gasteiger partial charge in [-0.05, 0) is 45.8 Å². The molecule has 5 nitrogen and oxygen atoms in total. The summed E-state index contributed by atoms with van der Waals surface area (Å²) in [5.41, 5.74) is 2.61. The molecule has 2 aliphatic rings. The van der Waals surface area contributed by atoms with Crippen LogP contribution in [0.5, 0.6) is 0 Å². The van der Waals surface area contributed by atoms with E-state index in [1.807, 2.05) is 7.05 Å². The highest BCUT2D eigenvalue weighted by atomic mass is 16.5. The molecule has 2 heterocycles. The van der Waals surface area contributed by atoms with Crippen molar-refractivity contribution < 1.29 is 4.74 Å². The Hall–Kier alpha value is -1.59. The first-order valence-corrected chi connectivity index (χ1v) is 8.92. The van der Waals surface area contributed by atoms with Gasteiger partial charge in [-0.3, -0.25) is 4.99 Å². The lowest BCUT2D eigenvalue weighted by Gasteiger charge is -2.28. The SMILES string of the molecule is CN=C(NCC(c1ccc(C)cc1)N(C)C)NC1CC2CCC1O2. The maximum Gasteiger partial charge on any atom is 0.191 e. The Morgan fingerprint density at radius 3 is 2.58 bits per heavy atom. The molecule has 1 aromatic rings. The van der Waals surface area contributed by atoms with Crippen molar-refractivity contribution >= 4 is 5.96 Å². The Kier molecular flexibility index (Phi) is 5.41. The molecule has 132 valence electrons. The van der Waals surface area contributed by atoms with E-state index in [2.05, 4.69) is 65.8 Å². The van der Waals surface area contributed by atoms with E-state index in [-0.39, 0.29) is 0 Å². The van der Waals surface area contributed by atoms with Crippen molar-refractivity contribution in [2.75, 3.05) is 27.7 Å². The summed E-state index contributed by atoms with van der Waals surface area (Å²) in [4.78, 5) is 6.64. The van der Waals surface area contributed by atoms with Gasteiger partial charge in [0.05, 0.1) is 24.3 Å². The summed E-state index contributed by atoms with van der Waals surface area (Å²) in [6.45, 7) is 2.94. The lowest BCUT2D eigenvalue weighted by Crippen LogP contribution is -2.49. The third-order valence-electron chi connectivity index (χ3n) is 5.20. The van der Waals surface area contributed by atoms with E-state index in [9.17, 15) is 0 Å². The molecule has 0 spiro atoms. The number of aliphatic imine (C=N–C) groups is 1. The van der Waals surface area contributed by atoms with E-state index in [0.29, 0.717) is 24.3 Å². The van der Waals surface area contributed by atoms with Crippen molar-refractivity contribution in [3.63, 3.8) is 0 Å². The predicted octanol–water partition coefficient (Wildman–Crippen LogP) is 2.08. The molecule has 5 heteroatoms. The summed E-state index contributed by atoms with van der Waals surface area (Å²) in [6, 6.07) is 9.47. The highest BCUT2D eigenvalue weighted by Crippen LogP contribution is 2.34. The minimum absolute atomic E-state index is 0.306. The van der Waals surface area contributed by atoms with Crippen LogP contribution in [-0.2, 0) is 4.74 Å². The molecule has 3 rings (SSSR count). The Morgan fingerprint density at radius 2 is 2.04 bits per heavy atom. The normalized spacial score (nSPS) is 27.5. The highest BCUT2D eigenvalue weighted by molar-refractivity contribution is 5.80. The third kappa shape index (κ3) is 3.90. The van der Waals surface area contributed by atoms with Gasteiger partial charge in [-0.2, -0.15) is 0 Å². The van der Waals surface area contributed by atoms with Crippen molar-refractivity contribution in [2.24, 2.45) is 4.99 Å². The van der Waals surface area contributed by atoms with Crippen LogP contribution in [0, 0.1) is 6.92 Å². The molecular formula is C19H30N4O. The predicted molar refractivity (Wildman–Crippen MR) is 98.4 cm³/mol. The van der Waals surface area contributed by atoms with E-state index < -0.39 is 0 Å². The van der Waals surface area contributed by atoms with Crippen LogP contribution < -0.4 is 10.6 Å². The largest absolute Gasteiger partial charge is 0.373 e. The smallest absolute Gasteiger partial charge is 0.191 e. The quantitative estimate of drug-likeness (QED) is 0.641. The Morgan fingerprint density at radius 1 is 1.29 bits per heavy atom. The first kappa shape index (κ1) is 17.2. The highest BCUT2D eigenvalue weighted by Gasteiger charge is 2.41. The first-order chi connectivity index (χ1) is 11.6. The average molecular weight is 330 g/mol. The molecule has 2 saturated heterocycles. The summed E-state index contributed by atoms with van der Waals surface area (Å²) >= 11 is 0. The van der Waals surface area contributed by atoms with Crippen LogP contribution in [0.2, 0.25) is 0 Å². The summed E-state index contributed by atoms with van der Waals surface area (Å²) in [5, 5.41) is 7.04. The van der Waals surface area contributed by atoms with Crippen molar-refractivity contribution in [1.82, 2.24) is 15.5 Å². The van der Waals surface area contributed by atoms with Gasteiger partial charge in [-0.15, -0.1) is 0 Å². The average Bonchev–Trinajstić information content (AvgIpc) is 3.18. The molecule has 4 unspecified atom stereocenters. The summed E-state index contributed by atoms with van der Waals surface area (Å²) in [7, 11) is 6.07. The molecular weight excluding hydrogens is 300 g/mol. The third-order valence-corrected chi connectivity index (χ3v) is 5.20. The van der Waals surface area contributed by atoms with E-state index in [1.54, 1.807) is 0 Å². The fourth-order valence-corrected chi connectivity index (χ4v) is 3.74. The number of aryl methyl sites for hydroxylation is 1. The van der Waals surface area contributed by atoms with E-state index >= 15 is 0 Å². The van der Waals surface area contributed by atoms with Gasteiger partial charge in [-0.1, -0.05) is 29.8 Å². The zero-order valence-corrected chi connectivity index (χ0v) is 15.2. The first-order valence-electron chi connectivity index (χ1n) is 8.92. The maximum absolute atomic E-state index is 5.92. The summed E-state index contributed by atoms with van der Waals surface area (Å²) < 4.78 is 5.92. The standard InChI is InChI=1S/C19H30N4O/c1-13-5-7-14(8-6-13)17(23(3)4)12-21-19(20-2)22-16-11-15-9-10-18(16)24-15/h5-8,15-18H,9-12H2,1-4H3,(H2,20,21,22). The Labute approximate surface area is 145 Å². The molecule has 1 aromatic carbocycles. The number of nitrogens with one attached hydrogen (secondary N) is 2. The van der Waals surface area contributed by atoms with Crippen LogP contribution in [0.25, 0.3) is 0 Å². The number of fused-ring (bicyclic) bond motifs is 2. The molecule has 2 aliphatic heterocycles. The number of guanidine groups is 1. The van der Waals surface area contributed by atoms with Crippen LogP contribution in [0.1, 0.15) is 36.4 Å². The van der Waals surface area contributed by atoms with Gasteiger partial charge in [-0.25, -0.2) is 0 Å². The zero-order valence-electron chi connectivity index (χ0n) is 15.2. The number of ether oxygens (including phenoxy) is 1. The molecule has 0 aromatic heterocycles. The van der Waals surface area contributed by atoms with E-state index in [4.69, 9.17) is 4.74 Å². The van der Waals surface area contributed by atoms with Crippen LogP contribution in [0.4, 0.5) is 0 Å². The minimum atomic E-state index is 0.306. The van der Waals surface area contributed by atoms with Crippen molar-refractivity contribution in [3.8, 4) is 0 Å². The fourth-order valence-electron chi connectivity index (χ4n) is 3.74. The van der Waals surface area contributed by atoms with Gasteiger partial charge in [0, 0.05) is 13.6 Å². The Balaban J connectivity index is 1.57. The van der Waals surface area contributed by atoms with Gasteiger partial charge >= 0.3 is 0 Å². The van der Waals surface area contributed by atoms with Crippen LogP contribution in [-0.4, -0.2) is 56.8 Å². The minimum Gasteiger partial charge on any atom is -0.373 e. The molecule has 0 aliphatic carbocycles. The van der Waals surface area contributed by atoms with Crippen LogP contribution >= 0.6 is 0 Å². The van der Waals surface area contributed by atoms with Crippen LogP contribution in [0.15, 0.2) is 29.3 Å². The molecule has 24 heavy (non-hydrogen) atoms. The van der Waals surface area contributed by atoms with Gasteiger partial charge < -0.3 is 20.3 Å². The monoisotopic (exact) mass is 330 g/mol. The van der Waals surface area contributed by atoms with Crippen LogP contribution in [0.3, 0.4) is 0 Å². The molecule has 4 atom stereocenters. The second kappa shape index (κ2) is 7.53. The molecule has 0 amide bonds. The number of hydrogen-bond acceptors (Lipinski definition) is 3. The van der Waals surface area contributed by atoms with Crippen molar-refractivity contribution in [3.05, 3.63) is 35.4 Å². The van der Waals surface area contributed by atoms with E-state index in [1.165, 1.54) is 24.0 Å². The maximum atomic E-state index is 5.92. The molecule has 2 fully saturated rings. The lowest BCUT2D eigenvalue weighted by atomic mass is 9.96. The van der Waals surface area contributed by atoms with E-state index in [0.717, 1.165) is 18.9 Å². The van der Waals surface area contributed by atoms with Crippen molar-refractivity contribution in [1.29, 1.82) is 0 Å². The van der Waals surface area contributed by atoms with Gasteiger partial charge in [0.15, 0.2) is 5.96 Å². The molecule has 2 N–H and O–H groups in total. The van der Waals surface area contributed by atoms with Gasteiger partial charge in [0.25, 0.3) is 0 Å². The zero-order chi connectivity index (χ0) is 17.1. The summed E-state index contributed by atoms with van der Waals surface area (Å²) in [5.74, 6) is 0.870. The fraction of sp³-hybridized carbons (Fsp3) is 0.632. The molecule has 0 saturated carbocycles. The van der Waals surface area contributed by atoms with Crippen molar-refractivity contribution in [2.45, 2.75) is 50.5 Å². The molecule has 0 radical (unpaired) electrons. The van der Waals surface area contributed by atoms with Gasteiger partial charge in [0.1, 0.15) is 0 Å².